The minimum atomic E-state index is -2.77. The first-order valence-electron chi connectivity index (χ1n) is 9.00. The molecule has 4 heteroatoms. The second kappa shape index (κ2) is 8.80. The lowest BCUT2D eigenvalue weighted by Crippen LogP contribution is -2.65. The maximum Gasteiger partial charge on any atom is 0.305 e. The monoisotopic (exact) mass is 376 g/mol. The third kappa shape index (κ3) is 3.87. The maximum atomic E-state index is 12.4. The van der Waals surface area contributed by atoms with Crippen LogP contribution in [0.3, 0.4) is 0 Å². The van der Waals surface area contributed by atoms with E-state index >= 15 is 0 Å². The van der Waals surface area contributed by atoms with Crippen molar-refractivity contribution in [3.63, 3.8) is 0 Å². The van der Waals surface area contributed by atoms with Gasteiger partial charge in [0.2, 0.25) is 0 Å². The number of hydrogen-bond donors (Lipinski definition) is 0. The molecule has 3 aromatic rings. The number of hydrogen-bond acceptors (Lipinski definition) is 3. The van der Waals surface area contributed by atoms with Crippen molar-refractivity contribution in [2.75, 3.05) is 14.2 Å². The normalized spacial score (nSPS) is 12.4. The van der Waals surface area contributed by atoms with Crippen molar-refractivity contribution in [2.24, 2.45) is 0 Å². The molecule has 0 fully saturated rings. The molecule has 3 aromatic carbocycles. The van der Waals surface area contributed by atoms with Gasteiger partial charge < -0.3 is 9.16 Å². The molecule has 138 valence electrons. The first kappa shape index (κ1) is 19.1. The molecule has 1 unspecified atom stereocenters. The van der Waals surface area contributed by atoms with E-state index in [-0.39, 0.29) is 17.9 Å². The third-order valence-electron chi connectivity index (χ3n) is 5.02. The molecule has 0 aliphatic heterocycles. The molecule has 0 heterocycles. The number of methoxy groups -OCH3 is 1. The van der Waals surface area contributed by atoms with Crippen molar-refractivity contribution in [3.8, 4) is 0 Å². The van der Waals surface area contributed by atoms with Gasteiger partial charge in [-0.2, -0.15) is 0 Å². The highest BCUT2D eigenvalue weighted by Crippen LogP contribution is 2.31. The van der Waals surface area contributed by atoms with Crippen LogP contribution >= 0.6 is 0 Å². The molecule has 0 bridgehead atoms. The van der Waals surface area contributed by atoms with E-state index < -0.39 is 8.32 Å². The Morgan fingerprint density at radius 1 is 0.778 bits per heavy atom. The minimum absolute atomic E-state index is 0.110. The SMILES string of the molecule is COC(=O)CC(c1ccccc1)[Si](OC)(c1ccccc1)c1ccccc1. The highest BCUT2D eigenvalue weighted by Gasteiger charge is 2.48. The molecular weight excluding hydrogens is 352 g/mol. The fourth-order valence-electron chi connectivity index (χ4n) is 3.75. The zero-order valence-corrected chi connectivity index (χ0v) is 16.7. The molecule has 0 aliphatic rings. The Hall–Kier alpha value is -2.69. The van der Waals surface area contributed by atoms with Gasteiger partial charge in [-0.25, -0.2) is 0 Å². The number of rotatable bonds is 7. The molecule has 0 saturated carbocycles. The van der Waals surface area contributed by atoms with Gasteiger partial charge >= 0.3 is 5.97 Å². The molecule has 0 aromatic heterocycles. The highest BCUT2D eigenvalue weighted by atomic mass is 28.4. The van der Waals surface area contributed by atoms with Crippen molar-refractivity contribution < 1.29 is 14.0 Å². The summed E-state index contributed by atoms with van der Waals surface area (Å²) in [5.41, 5.74) is 0.977. The van der Waals surface area contributed by atoms with E-state index in [4.69, 9.17) is 9.16 Å². The van der Waals surface area contributed by atoms with Crippen molar-refractivity contribution in [1.29, 1.82) is 0 Å². The predicted molar refractivity (Wildman–Crippen MR) is 111 cm³/mol. The van der Waals surface area contributed by atoms with Gasteiger partial charge in [0.1, 0.15) is 0 Å². The van der Waals surface area contributed by atoms with E-state index in [0.29, 0.717) is 0 Å². The number of benzene rings is 3. The molecule has 0 radical (unpaired) electrons. The van der Waals surface area contributed by atoms with Gasteiger partial charge in [-0.05, 0) is 15.9 Å². The van der Waals surface area contributed by atoms with Crippen LogP contribution in [0.25, 0.3) is 0 Å². The second-order valence-electron chi connectivity index (χ2n) is 6.42. The molecule has 0 N–H and O–H groups in total. The molecule has 3 rings (SSSR count). The largest absolute Gasteiger partial charge is 0.469 e. The van der Waals surface area contributed by atoms with Crippen LogP contribution in [0.1, 0.15) is 17.5 Å². The van der Waals surface area contributed by atoms with Gasteiger partial charge in [0.25, 0.3) is 8.32 Å². The lowest BCUT2D eigenvalue weighted by molar-refractivity contribution is -0.140. The van der Waals surface area contributed by atoms with Crippen LogP contribution in [0.2, 0.25) is 0 Å². The van der Waals surface area contributed by atoms with E-state index in [1.165, 1.54) is 7.11 Å². The van der Waals surface area contributed by atoms with Gasteiger partial charge in [-0.1, -0.05) is 91.0 Å². The Balaban J connectivity index is 2.27. The molecule has 0 saturated heterocycles. The Labute approximate surface area is 161 Å². The Kier molecular flexibility index (Phi) is 6.22. The molecule has 0 aliphatic carbocycles. The van der Waals surface area contributed by atoms with Crippen LogP contribution in [-0.2, 0) is 14.0 Å². The van der Waals surface area contributed by atoms with Crippen LogP contribution in [0, 0.1) is 0 Å². The fourth-order valence-corrected chi connectivity index (χ4v) is 8.14. The quantitative estimate of drug-likeness (QED) is 0.469. The summed E-state index contributed by atoms with van der Waals surface area (Å²) >= 11 is 0. The fraction of sp³-hybridized carbons (Fsp3) is 0.174. The van der Waals surface area contributed by atoms with Crippen LogP contribution in [0.5, 0.6) is 0 Å². The van der Waals surface area contributed by atoms with Crippen molar-refractivity contribution >= 4 is 24.7 Å². The first-order valence-corrected chi connectivity index (χ1v) is 11.0. The zero-order chi connectivity index (χ0) is 19.1. The number of ether oxygens (including phenoxy) is 1. The van der Waals surface area contributed by atoms with Crippen molar-refractivity contribution in [1.82, 2.24) is 0 Å². The van der Waals surface area contributed by atoms with Crippen molar-refractivity contribution in [2.45, 2.75) is 12.0 Å². The van der Waals surface area contributed by atoms with Crippen molar-refractivity contribution in [3.05, 3.63) is 96.6 Å². The third-order valence-corrected chi connectivity index (χ3v) is 9.56. The van der Waals surface area contributed by atoms with Crippen LogP contribution in [0.4, 0.5) is 0 Å². The van der Waals surface area contributed by atoms with E-state index in [2.05, 4.69) is 36.4 Å². The lowest BCUT2D eigenvalue weighted by Gasteiger charge is -2.38. The Morgan fingerprint density at radius 3 is 1.63 bits per heavy atom. The average molecular weight is 377 g/mol. The molecule has 1 atom stereocenters. The summed E-state index contributed by atoms with van der Waals surface area (Å²) in [6, 6.07) is 30.7. The summed E-state index contributed by atoms with van der Waals surface area (Å²) in [5, 5.41) is 2.27. The topological polar surface area (TPSA) is 35.5 Å². The number of carbonyl (C=O) groups is 1. The van der Waals surface area contributed by atoms with Crippen LogP contribution in [-0.4, -0.2) is 28.5 Å². The van der Waals surface area contributed by atoms with Gasteiger partial charge in [-0.15, -0.1) is 0 Å². The van der Waals surface area contributed by atoms with Gasteiger partial charge in [-0.3, -0.25) is 4.79 Å². The molecular formula is C23H24O3Si. The molecule has 0 spiro atoms. The van der Waals surface area contributed by atoms with E-state index in [1.807, 2.05) is 54.6 Å². The maximum absolute atomic E-state index is 12.4. The van der Waals surface area contributed by atoms with Crippen LogP contribution < -0.4 is 10.4 Å². The Morgan fingerprint density at radius 2 is 1.22 bits per heavy atom. The van der Waals surface area contributed by atoms with Gasteiger partial charge in [0.15, 0.2) is 0 Å². The minimum Gasteiger partial charge on any atom is -0.469 e. The summed E-state index contributed by atoms with van der Waals surface area (Å²) in [6.07, 6.45) is 0.268. The molecule has 0 amide bonds. The predicted octanol–water partition coefficient (Wildman–Crippen LogP) is 3.28. The smallest absolute Gasteiger partial charge is 0.305 e. The van der Waals surface area contributed by atoms with Crippen LogP contribution in [0.15, 0.2) is 91.0 Å². The summed E-state index contributed by atoms with van der Waals surface area (Å²) in [5.74, 6) is -0.232. The highest BCUT2D eigenvalue weighted by molar-refractivity contribution is 6.98. The van der Waals surface area contributed by atoms with E-state index in [0.717, 1.165) is 15.9 Å². The average Bonchev–Trinajstić information content (AvgIpc) is 2.76. The Bertz CT molecular complexity index is 811. The standard InChI is InChI=1S/C23H24O3Si/c1-25-23(24)18-22(19-12-6-3-7-13-19)27(26-2,20-14-8-4-9-15-20)21-16-10-5-11-17-21/h3-17,22H,18H2,1-2H3. The lowest BCUT2D eigenvalue weighted by atomic mass is 10.1. The molecule has 3 nitrogen and oxygen atoms in total. The second-order valence-corrected chi connectivity index (χ2v) is 10.1. The van der Waals surface area contributed by atoms with Gasteiger partial charge in [0.05, 0.1) is 13.5 Å². The summed E-state index contributed by atoms with van der Waals surface area (Å²) in [7, 11) is 0.427. The summed E-state index contributed by atoms with van der Waals surface area (Å²) in [6.45, 7) is 0. The number of esters is 1. The summed E-state index contributed by atoms with van der Waals surface area (Å²) < 4.78 is 11.4. The number of carbonyl (C=O) groups excluding carboxylic acids is 1. The molecule has 27 heavy (non-hydrogen) atoms. The zero-order valence-electron chi connectivity index (χ0n) is 15.7. The first-order chi connectivity index (χ1) is 13.2. The summed E-state index contributed by atoms with van der Waals surface area (Å²) in [4.78, 5) is 12.4. The van der Waals surface area contributed by atoms with E-state index in [1.54, 1.807) is 7.11 Å². The van der Waals surface area contributed by atoms with E-state index in [9.17, 15) is 4.79 Å². The van der Waals surface area contributed by atoms with Gasteiger partial charge in [0, 0.05) is 12.7 Å².